The van der Waals surface area contributed by atoms with Crippen LogP contribution >= 0.6 is 0 Å². The molecule has 1 aliphatic rings. The van der Waals surface area contributed by atoms with Crippen molar-refractivity contribution in [1.29, 1.82) is 0 Å². The number of rotatable bonds is 4. The zero-order chi connectivity index (χ0) is 13.7. The molecule has 0 saturated heterocycles. The Morgan fingerprint density at radius 2 is 1.58 bits per heavy atom. The van der Waals surface area contributed by atoms with Gasteiger partial charge >= 0.3 is 0 Å². The summed E-state index contributed by atoms with van der Waals surface area (Å²) in [6.45, 7) is 5.64. The minimum absolute atomic E-state index is 0.0879. The second kappa shape index (κ2) is 6.53. The van der Waals surface area contributed by atoms with Crippen molar-refractivity contribution in [3.8, 4) is 0 Å². The minimum atomic E-state index is -0.0879. The largest absolute Gasteiger partial charge is 0.375 e. The topological polar surface area (TPSA) is 35.2 Å². The number of aryl methyl sites for hydroxylation is 2. The molecule has 2 heteroatoms. The fraction of sp³-hybridized carbons (Fsp3) is 0.647. The minimum Gasteiger partial charge on any atom is -0.375 e. The first kappa shape index (κ1) is 14.5. The molecule has 106 valence electrons. The van der Waals surface area contributed by atoms with Gasteiger partial charge in [-0.25, -0.2) is 0 Å². The van der Waals surface area contributed by atoms with Crippen molar-refractivity contribution < 1.29 is 4.74 Å². The molecule has 19 heavy (non-hydrogen) atoms. The van der Waals surface area contributed by atoms with Crippen LogP contribution in [0.3, 0.4) is 0 Å². The zero-order valence-corrected chi connectivity index (χ0v) is 12.4. The summed E-state index contributed by atoms with van der Waals surface area (Å²) in [6.07, 6.45) is 7.39. The van der Waals surface area contributed by atoms with Gasteiger partial charge < -0.3 is 10.5 Å². The summed E-state index contributed by atoms with van der Waals surface area (Å²) in [4.78, 5) is 0. The molecule has 1 aromatic rings. The number of nitrogens with two attached hydrogens (primary N) is 1. The Morgan fingerprint density at radius 1 is 1.00 bits per heavy atom. The highest BCUT2D eigenvalue weighted by atomic mass is 16.5. The number of hydrogen-bond donors (Lipinski definition) is 1. The molecule has 1 aliphatic carbocycles. The lowest BCUT2D eigenvalue weighted by molar-refractivity contribution is 0.0667. The van der Waals surface area contributed by atoms with E-state index in [0.29, 0.717) is 13.2 Å². The van der Waals surface area contributed by atoms with Gasteiger partial charge in [-0.1, -0.05) is 55.0 Å². The molecule has 0 unspecified atom stereocenters. The molecular formula is C17H27NO. The van der Waals surface area contributed by atoms with Crippen molar-refractivity contribution in [1.82, 2.24) is 0 Å². The van der Waals surface area contributed by atoms with Gasteiger partial charge in [0.1, 0.15) is 0 Å². The summed E-state index contributed by atoms with van der Waals surface area (Å²) in [5.41, 5.74) is 10.2. The molecule has 2 N–H and O–H groups in total. The first-order valence-electron chi connectivity index (χ1n) is 7.51. The first-order chi connectivity index (χ1) is 9.07. The Balaban J connectivity index is 1.85. The monoisotopic (exact) mass is 261 g/mol. The summed E-state index contributed by atoms with van der Waals surface area (Å²) < 4.78 is 5.90. The van der Waals surface area contributed by atoms with Crippen molar-refractivity contribution in [2.75, 3.05) is 6.61 Å². The van der Waals surface area contributed by atoms with Crippen molar-refractivity contribution in [2.24, 2.45) is 5.73 Å². The summed E-state index contributed by atoms with van der Waals surface area (Å²) >= 11 is 0. The average Bonchev–Trinajstić information content (AvgIpc) is 2.53. The van der Waals surface area contributed by atoms with Crippen LogP contribution in [0.5, 0.6) is 0 Å². The van der Waals surface area contributed by atoms with Gasteiger partial charge in [0.2, 0.25) is 0 Å². The molecule has 2 rings (SSSR count). The highest BCUT2D eigenvalue weighted by Crippen LogP contribution is 2.25. The summed E-state index contributed by atoms with van der Waals surface area (Å²) in [6, 6.07) is 6.59. The normalized spacial score (nSPS) is 19.1. The third kappa shape index (κ3) is 4.63. The van der Waals surface area contributed by atoms with Gasteiger partial charge in [-0.3, -0.25) is 0 Å². The lowest BCUT2D eigenvalue weighted by atomic mass is 9.92. The van der Waals surface area contributed by atoms with Gasteiger partial charge in [0.05, 0.1) is 13.2 Å². The Morgan fingerprint density at radius 3 is 2.16 bits per heavy atom. The molecule has 0 radical (unpaired) electrons. The fourth-order valence-corrected chi connectivity index (χ4v) is 3.10. The lowest BCUT2D eigenvalue weighted by Gasteiger charge is -2.27. The van der Waals surface area contributed by atoms with E-state index in [0.717, 1.165) is 12.8 Å². The van der Waals surface area contributed by atoms with Crippen molar-refractivity contribution in [3.05, 3.63) is 34.9 Å². The van der Waals surface area contributed by atoms with Crippen molar-refractivity contribution >= 4 is 0 Å². The molecule has 1 fully saturated rings. The van der Waals surface area contributed by atoms with Gasteiger partial charge in [-0.15, -0.1) is 0 Å². The van der Waals surface area contributed by atoms with Gasteiger partial charge in [-0.05, 0) is 32.3 Å². The molecule has 0 atom stereocenters. The summed E-state index contributed by atoms with van der Waals surface area (Å²) in [5.74, 6) is 0. The van der Waals surface area contributed by atoms with Gasteiger partial charge in [0, 0.05) is 5.54 Å². The average molecular weight is 261 g/mol. The molecule has 0 aliphatic heterocycles. The maximum atomic E-state index is 6.46. The highest BCUT2D eigenvalue weighted by Gasteiger charge is 2.26. The van der Waals surface area contributed by atoms with Crippen LogP contribution < -0.4 is 5.73 Å². The Bertz CT molecular complexity index is 385. The van der Waals surface area contributed by atoms with Crippen LogP contribution in [0.25, 0.3) is 0 Å². The molecule has 0 bridgehead atoms. The molecule has 1 aromatic carbocycles. The molecule has 0 spiro atoms. The number of ether oxygens (including phenoxy) is 1. The van der Waals surface area contributed by atoms with Crippen LogP contribution in [0, 0.1) is 13.8 Å². The van der Waals surface area contributed by atoms with Crippen molar-refractivity contribution in [2.45, 2.75) is 64.5 Å². The van der Waals surface area contributed by atoms with E-state index in [1.165, 1.54) is 42.4 Å². The van der Waals surface area contributed by atoms with Gasteiger partial charge in [-0.2, -0.15) is 0 Å². The SMILES string of the molecule is Cc1cc(C)cc(COCC2(N)CCCCCC2)c1. The van der Waals surface area contributed by atoms with Crippen LogP contribution in [0.15, 0.2) is 18.2 Å². The maximum Gasteiger partial charge on any atom is 0.0718 e. The van der Waals surface area contributed by atoms with Gasteiger partial charge in [0.25, 0.3) is 0 Å². The quantitative estimate of drug-likeness (QED) is 0.835. The van der Waals surface area contributed by atoms with E-state index < -0.39 is 0 Å². The Kier molecular flexibility index (Phi) is 5.00. The highest BCUT2D eigenvalue weighted by molar-refractivity contribution is 5.28. The third-order valence-corrected chi connectivity index (χ3v) is 4.04. The fourth-order valence-electron chi connectivity index (χ4n) is 3.10. The molecule has 0 heterocycles. The second-order valence-electron chi connectivity index (χ2n) is 6.27. The van der Waals surface area contributed by atoms with Gasteiger partial charge in [0.15, 0.2) is 0 Å². The first-order valence-corrected chi connectivity index (χ1v) is 7.51. The number of hydrogen-bond acceptors (Lipinski definition) is 2. The van der Waals surface area contributed by atoms with E-state index in [1.54, 1.807) is 0 Å². The van der Waals surface area contributed by atoms with E-state index in [9.17, 15) is 0 Å². The van der Waals surface area contributed by atoms with Crippen LogP contribution in [0.4, 0.5) is 0 Å². The Labute approximate surface area is 117 Å². The lowest BCUT2D eigenvalue weighted by Crippen LogP contribution is -2.43. The van der Waals surface area contributed by atoms with Crippen LogP contribution in [-0.2, 0) is 11.3 Å². The smallest absolute Gasteiger partial charge is 0.0718 e. The van der Waals surface area contributed by atoms with E-state index in [2.05, 4.69) is 32.0 Å². The Hall–Kier alpha value is -0.860. The maximum absolute atomic E-state index is 6.46. The molecule has 0 amide bonds. The van der Waals surface area contributed by atoms with E-state index >= 15 is 0 Å². The zero-order valence-electron chi connectivity index (χ0n) is 12.4. The number of benzene rings is 1. The van der Waals surface area contributed by atoms with Crippen LogP contribution in [-0.4, -0.2) is 12.1 Å². The second-order valence-corrected chi connectivity index (χ2v) is 6.27. The third-order valence-electron chi connectivity index (χ3n) is 4.04. The van der Waals surface area contributed by atoms with Crippen LogP contribution in [0.1, 0.15) is 55.2 Å². The van der Waals surface area contributed by atoms with Crippen molar-refractivity contribution in [3.63, 3.8) is 0 Å². The molecular weight excluding hydrogens is 234 g/mol. The van der Waals surface area contributed by atoms with Crippen LogP contribution in [0.2, 0.25) is 0 Å². The van der Waals surface area contributed by atoms with E-state index in [4.69, 9.17) is 10.5 Å². The summed E-state index contributed by atoms with van der Waals surface area (Å²) in [7, 11) is 0. The van der Waals surface area contributed by atoms with E-state index in [-0.39, 0.29) is 5.54 Å². The van der Waals surface area contributed by atoms with E-state index in [1.807, 2.05) is 0 Å². The summed E-state index contributed by atoms with van der Waals surface area (Å²) in [5, 5.41) is 0. The molecule has 0 aromatic heterocycles. The molecule has 1 saturated carbocycles. The predicted molar refractivity (Wildman–Crippen MR) is 80.2 cm³/mol. The predicted octanol–water partition coefficient (Wildman–Crippen LogP) is 3.87. The standard InChI is InChI=1S/C17H27NO/c1-14-9-15(2)11-16(10-14)12-19-13-17(18)7-5-3-4-6-8-17/h9-11H,3-8,12-13,18H2,1-2H3. The molecule has 2 nitrogen and oxygen atoms in total.